The molecule has 0 amide bonds. The van der Waals surface area contributed by atoms with Gasteiger partial charge in [0.2, 0.25) is 0 Å². The van der Waals surface area contributed by atoms with E-state index in [1.165, 1.54) is 30.9 Å². The van der Waals surface area contributed by atoms with Gasteiger partial charge in [-0.2, -0.15) is 20.1 Å². The fourth-order valence-corrected chi connectivity index (χ4v) is 5.66. The summed E-state index contributed by atoms with van der Waals surface area (Å²) in [5.74, 6) is 6.99. The smallest absolute Gasteiger partial charge is 0.0946 e. The zero-order chi connectivity index (χ0) is 20.1. The maximum absolute atomic E-state index is 3.52. The van der Waals surface area contributed by atoms with Crippen molar-refractivity contribution in [2.75, 3.05) is 37.5 Å². The molecule has 28 heavy (non-hydrogen) atoms. The lowest BCUT2D eigenvalue weighted by molar-refractivity contribution is 1.85. The van der Waals surface area contributed by atoms with Gasteiger partial charge < -0.3 is 0 Å². The summed E-state index contributed by atoms with van der Waals surface area (Å²) >= 11 is 3.59. The summed E-state index contributed by atoms with van der Waals surface area (Å²) in [6.45, 7) is 0. The van der Waals surface area contributed by atoms with Gasteiger partial charge in [-0.3, -0.25) is 0 Å². The number of thiophene rings is 2. The van der Waals surface area contributed by atoms with Crippen LogP contribution in [0.25, 0.3) is 30.9 Å². The normalized spacial score (nSPS) is 13.2. The van der Waals surface area contributed by atoms with Gasteiger partial charge in [0.25, 0.3) is 0 Å². The highest BCUT2D eigenvalue weighted by Crippen LogP contribution is 2.39. The van der Waals surface area contributed by atoms with E-state index in [1.54, 1.807) is 22.7 Å². The molecule has 0 saturated carbocycles. The van der Waals surface area contributed by atoms with E-state index in [2.05, 4.69) is 95.6 Å². The molecule has 4 rings (SSSR count). The average Bonchev–Trinajstić information content (AvgIpc) is 3.16. The van der Waals surface area contributed by atoms with E-state index in [9.17, 15) is 0 Å². The molecule has 0 aliphatic carbocycles. The number of hydrogen-bond donors (Lipinski definition) is 0. The summed E-state index contributed by atoms with van der Waals surface area (Å²) in [6.07, 6.45) is 13.4. The molecule has 0 nitrogen and oxygen atoms in total. The standard InChI is InChI=1S/C24H24S4/c1-27(2,3)11-8-20-21-14-18-13-17-7-10-25-23(17)15-19(18)16-24(21)26-22(20)9-12-28(4,5)6/h7,10,13-16H,1-6H3. The third kappa shape index (κ3) is 4.22. The van der Waals surface area contributed by atoms with Crippen molar-refractivity contribution in [2.24, 2.45) is 0 Å². The summed E-state index contributed by atoms with van der Waals surface area (Å²) in [5.41, 5.74) is 1.12. The SMILES string of the molecule is CS(C)(C)C#Cc1sc2cc3cc4sccc4cc3cc2c1C#CS(C)(C)C. The van der Waals surface area contributed by atoms with Crippen LogP contribution in [0.4, 0.5) is 0 Å². The van der Waals surface area contributed by atoms with Crippen molar-refractivity contribution in [3.63, 3.8) is 0 Å². The Labute approximate surface area is 179 Å². The van der Waals surface area contributed by atoms with E-state index in [0.29, 0.717) is 0 Å². The fraction of sp³-hybridized carbons (Fsp3) is 0.250. The monoisotopic (exact) mass is 440 g/mol. The highest BCUT2D eigenvalue weighted by atomic mass is 32.3. The van der Waals surface area contributed by atoms with E-state index in [4.69, 9.17) is 0 Å². The summed E-state index contributed by atoms with van der Waals surface area (Å²) in [7, 11) is -1.76. The lowest BCUT2D eigenvalue weighted by Crippen LogP contribution is -1.87. The molecule has 0 fully saturated rings. The van der Waals surface area contributed by atoms with Gasteiger partial charge >= 0.3 is 0 Å². The lowest BCUT2D eigenvalue weighted by atomic mass is 10.0. The van der Waals surface area contributed by atoms with Gasteiger partial charge in [-0.25, -0.2) is 0 Å². The quantitative estimate of drug-likeness (QED) is 0.252. The van der Waals surface area contributed by atoms with Crippen LogP contribution in [-0.4, -0.2) is 37.5 Å². The first-order chi connectivity index (χ1) is 13.1. The predicted octanol–water partition coefficient (Wildman–Crippen LogP) is 7.28. The Kier molecular flexibility index (Phi) is 4.97. The molecule has 0 aliphatic rings. The summed E-state index contributed by atoms with van der Waals surface area (Å²) in [5, 5.41) is 14.3. The number of fused-ring (bicyclic) bond motifs is 3. The van der Waals surface area contributed by atoms with Gasteiger partial charge in [0.15, 0.2) is 0 Å². The van der Waals surface area contributed by atoms with Gasteiger partial charge in [-0.05, 0) is 106 Å². The maximum atomic E-state index is 3.52. The van der Waals surface area contributed by atoms with Gasteiger partial charge in [0.1, 0.15) is 0 Å². The molecule has 2 heterocycles. The second kappa shape index (κ2) is 7.05. The van der Waals surface area contributed by atoms with E-state index in [-0.39, 0.29) is 0 Å². The van der Waals surface area contributed by atoms with Crippen molar-refractivity contribution in [1.82, 2.24) is 0 Å². The van der Waals surface area contributed by atoms with Crippen LogP contribution < -0.4 is 0 Å². The fourth-order valence-electron chi connectivity index (χ4n) is 2.92. The molecule has 0 saturated heterocycles. The topological polar surface area (TPSA) is 0 Å². The lowest BCUT2D eigenvalue weighted by Gasteiger charge is -2.15. The van der Waals surface area contributed by atoms with Crippen LogP contribution in [0.3, 0.4) is 0 Å². The number of benzene rings is 2. The highest BCUT2D eigenvalue weighted by molar-refractivity contribution is 8.36. The second-order valence-corrected chi connectivity index (χ2v) is 18.2. The minimum atomic E-state index is -0.891. The van der Waals surface area contributed by atoms with E-state index in [0.717, 1.165) is 10.4 Å². The molecule has 2 aromatic carbocycles. The molecule has 144 valence electrons. The van der Waals surface area contributed by atoms with Crippen molar-refractivity contribution in [3.05, 3.63) is 46.2 Å². The van der Waals surface area contributed by atoms with Crippen molar-refractivity contribution in [2.45, 2.75) is 0 Å². The van der Waals surface area contributed by atoms with E-state index in [1.807, 2.05) is 0 Å². The largest absolute Gasteiger partial charge is 0.186 e. The minimum absolute atomic E-state index is 0.873. The Morgan fingerprint density at radius 1 is 0.714 bits per heavy atom. The molecule has 0 spiro atoms. The van der Waals surface area contributed by atoms with Crippen molar-refractivity contribution in [3.8, 4) is 22.3 Å². The van der Waals surface area contributed by atoms with E-state index >= 15 is 0 Å². The zero-order valence-electron chi connectivity index (χ0n) is 17.1. The number of hydrogen-bond acceptors (Lipinski definition) is 2. The van der Waals surface area contributed by atoms with Crippen LogP contribution in [0, 0.1) is 22.3 Å². The Balaban J connectivity index is 2.01. The molecular weight excluding hydrogens is 417 g/mol. The molecular formula is C24H24S4. The Hall–Kier alpha value is -1.56. The molecule has 0 unspecified atom stereocenters. The van der Waals surface area contributed by atoms with Crippen LogP contribution in [0.2, 0.25) is 0 Å². The minimum Gasteiger partial charge on any atom is -0.186 e. The summed E-state index contributed by atoms with van der Waals surface area (Å²) in [6, 6.07) is 11.4. The maximum Gasteiger partial charge on any atom is 0.0946 e. The number of rotatable bonds is 0. The Bertz CT molecular complexity index is 1330. The summed E-state index contributed by atoms with van der Waals surface area (Å²) in [4.78, 5) is 1.12. The molecule has 0 bridgehead atoms. The van der Waals surface area contributed by atoms with Crippen LogP contribution in [0.1, 0.15) is 10.4 Å². The van der Waals surface area contributed by atoms with Crippen LogP contribution in [-0.2, 0) is 0 Å². The zero-order valence-corrected chi connectivity index (χ0v) is 20.4. The van der Waals surface area contributed by atoms with Crippen LogP contribution in [0.15, 0.2) is 35.7 Å². The molecule has 0 N–H and O–H groups in total. The van der Waals surface area contributed by atoms with Gasteiger partial charge in [0, 0.05) is 14.8 Å². The highest BCUT2D eigenvalue weighted by Gasteiger charge is 2.12. The van der Waals surface area contributed by atoms with Crippen molar-refractivity contribution in [1.29, 1.82) is 0 Å². The van der Waals surface area contributed by atoms with Gasteiger partial charge in [-0.15, -0.1) is 22.7 Å². The van der Waals surface area contributed by atoms with Gasteiger partial charge in [-0.1, -0.05) is 5.92 Å². The van der Waals surface area contributed by atoms with Crippen molar-refractivity contribution >= 4 is 73.7 Å². The van der Waals surface area contributed by atoms with Crippen LogP contribution in [0.5, 0.6) is 0 Å². The van der Waals surface area contributed by atoms with E-state index < -0.39 is 20.1 Å². The predicted molar refractivity (Wildman–Crippen MR) is 139 cm³/mol. The van der Waals surface area contributed by atoms with Crippen LogP contribution >= 0.6 is 42.7 Å². The first kappa shape index (κ1) is 19.7. The van der Waals surface area contributed by atoms with Gasteiger partial charge in [0.05, 0.1) is 10.4 Å². The summed E-state index contributed by atoms with van der Waals surface area (Å²) < 4.78 is 2.63. The first-order valence-corrected chi connectivity index (χ1v) is 16.3. The Morgan fingerprint density at radius 3 is 2.07 bits per heavy atom. The molecule has 0 radical (unpaired) electrons. The molecule has 2 aromatic heterocycles. The average molecular weight is 441 g/mol. The van der Waals surface area contributed by atoms with Crippen molar-refractivity contribution < 1.29 is 0 Å². The molecule has 4 aromatic rings. The molecule has 4 heteroatoms. The molecule has 0 atom stereocenters. The first-order valence-electron chi connectivity index (χ1n) is 8.89. The second-order valence-electron chi connectivity index (χ2n) is 8.44. The Morgan fingerprint density at radius 2 is 1.36 bits per heavy atom. The third-order valence-corrected chi connectivity index (χ3v) is 7.55. The molecule has 0 aliphatic heterocycles. The third-order valence-electron chi connectivity index (χ3n) is 4.17.